The number of nitrogens with one attached hydrogen (secondary N) is 1. The van der Waals surface area contributed by atoms with Gasteiger partial charge in [0.05, 0.1) is 0 Å². The van der Waals surface area contributed by atoms with Gasteiger partial charge in [0.15, 0.2) is 0 Å². The van der Waals surface area contributed by atoms with Crippen LogP contribution in [-0.2, 0) is 4.79 Å². The first kappa shape index (κ1) is 10.2. The van der Waals surface area contributed by atoms with Crippen LogP contribution in [0.2, 0.25) is 0 Å². The Bertz CT molecular complexity index is 108. The molecular formula is C6H12INO2. The lowest BCUT2D eigenvalue weighted by molar-refractivity contribution is -0.138. The van der Waals surface area contributed by atoms with Crippen molar-refractivity contribution in [1.82, 2.24) is 3.53 Å². The maximum absolute atomic E-state index is 10.4. The van der Waals surface area contributed by atoms with Crippen molar-refractivity contribution < 1.29 is 9.90 Å². The van der Waals surface area contributed by atoms with Crippen molar-refractivity contribution in [2.24, 2.45) is 0 Å². The van der Waals surface area contributed by atoms with Crippen molar-refractivity contribution in [3.8, 4) is 0 Å². The second kappa shape index (κ2) is 5.91. The van der Waals surface area contributed by atoms with E-state index in [0.29, 0.717) is 0 Å². The molecule has 4 heteroatoms. The Hall–Kier alpha value is 0.160. The highest BCUT2D eigenvalue weighted by Gasteiger charge is 2.13. The molecule has 0 aliphatic heterocycles. The van der Waals surface area contributed by atoms with Crippen LogP contribution in [0.5, 0.6) is 0 Å². The van der Waals surface area contributed by atoms with E-state index in [9.17, 15) is 4.79 Å². The highest BCUT2D eigenvalue weighted by Crippen LogP contribution is 2.01. The second-order valence-corrected chi connectivity index (χ2v) is 2.76. The highest BCUT2D eigenvalue weighted by atomic mass is 127. The van der Waals surface area contributed by atoms with Crippen LogP contribution in [0.3, 0.4) is 0 Å². The molecule has 0 fully saturated rings. The van der Waals surface area contributed by atoms with Gasteiger partial charge in [0, 0.05) is 22.9 Å². The van der Waals surface area contributed by atoms with Crippen LogP contribution >= 0.6 is 22.9 Å². The predicted octanol–water partition coefficient (Wildman–Crippen LogP) is 1.57. The summed E-state index contributed by atoms with van der Waals surface area (Å²) in [7, 11) is 0. The zero-order valence-corrected chi connectivity index (χ0v) is 8.09. The molecule has 0 aromatic rings. The molecule has 0 aliphatic rings. The molecule has 0 amide bonds. The highest BCUT2D eigenvalue weighted by molar-refractivity contribution is 14.1. The minimum atomic E-state index is -0.761. The van der Waals surface area contributed by atoms with E-state index in [0.717, 1.165) is 19.3 Å². The summed E-state index contributed by atoms with van der Waals surface area (Å²) in [6.07, 6.45) is 2.73. The van der Waals surface area contributed by atoms with Crippen LogP contribution in [-0.4, -0.2) is 17.1 Å². The van der Waals surface area contributed by atoms with E-state index in [-0.39, 0.29) is 6.04 Å². The third kappa shape index (κ3) is 4.05. The van der Waals surface area contributed by atoms with Crippen molar-refractivity contribution in [1.29, 1.82) is 0 Å². The average molecular weight is 257 g/mol. The molecule has 10 heavy (non-hydrogen) atoms. The fourth-order valence-electron chi connectivity index (χ4n) is 0.633. The van der Waals surface area contributed by atoms with E-state index in [1.165, 1.54) is 0 Å². The number of rotatable bonds is 5. The Kier molecular flexibility index (Phi) is 6.00. The maximum Gasteiger partial charge on any atom is 0.321 e. The molecule has 0 bridgehead atoms. The Labute approximate surface area is 74.7 Å². The number of halogens is 1. The molecule has 0 rings (SSSR count). The van der Waals surface area contributed by atoms with Crippen molar-refractivity contribution in [3.63, 3.8) is 0 Å². The SMILES string of the molecule is CCCCC(NI)C(=O)O. The first-order valence-corrected chi connectivity index (χ1v) is 4.39. The summed E-state index contributed by atoms with van der Waals surface area (Å²) in [5, 5.41) is 8.53. The number of aliphatic carboxylic acids is 1. The van der Waals surface area contributed by atoms with E-state index in [4.69, 9.17) is 5.11 Å². The topological polar surface area (TPSA) is 49.3 Å². The zero-order chi connectivity index (χ0) is 7.98. The molecular weight excluding hydrogens is 245 g/mol. The first-order valence-electron chi connectivity index (χ1n) is 3.31. The summed E-state index contributed by atoms with van der Waals surface area (Å²) >= 11 is 1.87. The smallest absolute Gasteiger partial charge is 0.321 e. The molecule has 1 unspecified atom stereocenters. The average Bonchev–Trinajstić information content (AvgIpc) is 1.89. The van der Waals surface area contributed by atoms with Crippen molar-refractivity contribution in [2.45, 2.75) is 32.2 Å². The minimum absolute atomic E-state index is 0.374. The minimum Gasteiger partial charge on any atom is -0.480 e. The monoisotopic (exact) mass is 257 g/mol. The van der Waals surface area contributed by atoms with E-state index < -0.39 is 5.97 Å². The molecule has 0 aliphatic carbocycles. The standard InChI is InChI=1S/C6H12INO2/c1-2-3-4-5(8-7)6(9)10/h5,8H,2-4H2,1H3,(H,9,10). The van der Waals surface area contributed by atoms with Crippen molar-refractivity contribution in [3.05, 3.63) is 0 Å². The Morgan fingerprint density at radius 3 is 2.70 bits per heavy atom. The number of carboxylic acid groups (broad SMARTS) is 1. The van der Waals surface area contributed by atoms with Crippen LogP contribution in [0, 0.1) is 0 Å². The molecule has 0 radical (unpaired) electrons. The van der Waals surface area contributed by atoms with E-state index in [1.54, 1.807) is 0 Å². The molecule has 0 heterocycles. The van der Waals surface area contributed by atoms with Gasteiger partial charge in [-0.15, -0.1) is 0 Å². The summed E-state index contributed by atoms with van der Waals surface area (Å²) in [6, 6.07) is -0.374. The third-order valence-electron chi connectivity index (χ3n) is 1.28. The van der Waals surface area contributed by atoms with Crippen molar-refractivity contribution >= 4 is 28.8 Å². The Morgan fingerprint density at radius 1 is 1.80 bits per heavy atom. The van der Waals surface area contributed by atoms with E-state index in [1.807, 2.05) is 29.8 Å². The molecule has 60 valence electrons. The maximum atomic E-state index is 10.4. The molecule has 0 aromatic carbocycles. The normalized spacial score (nSPS) is 13.0. The van der Waals surface area contributed by atoms with Gasteiger partial charge in [0.2, 0.25) is 0 Å². The molecule has 0 saturated heterocycles. The fourth-order valence-corrected chi connectivity index (χ4v) is 1.21. The molecule has 0 spiro atoms. The molecule has 1 atom stereocenters. The van der Waals surface area contributed by atoms with Gasteiger partial charge in [-0.25, -0.2) is 3.53 Å². The van der Waals surface area contributed by atoms with Gasteiger partial charge in [-0.3, -0.25) is 4.79 Å². The Balaban J connectivity index is 3.50. The molecule has 3 nitrogen and oxygen atoms in total. The van der Waals surface area contributed by atoms with Crippen LogP contribution in [0.4, 0.5) is 0 Å². The quantitative estimate of drug-likeness (QED) is 0.580. The third-order valence-corrected chi connectivity index (χ3v) is 2.03. The number of unbranched alkanes of at least 4 members (excludes halogenated alkanes) is 1. The summed E-state index contributed by atoms with van der Waals surface area (Å²) in [5.74, 6) is -0.761. The van der Waals surface area contributed by atoms with Gasteiger partial charge in [-0.1, -0.05) is 19.8 Å². The van der Waals surface area contributed by atoms with E-state index in [2.05, 4.69) is 3.53 Å². The lowest BCUT2D eigenvalue weighted by atomic mass is 10.1. The molecule has 0 aromatic heterocycles. The van der Waals surface area contributed by atoms with E-state index >= 15 is 0 Å². The van der Waals surface area contributed by atoms with Gasteiger partial charge in [-0.2, -0.15) is 0 Å². The van der Waals surface area contributed by atoms with Gasteiger partial charge >= 0.3 is 5.97 Å². The lowest BCUT2D eigenvalue weighted by Gasteiger charge is -2.07. The van der Waals surface area contributed by atoms with Gasteiger partial charge in [0.25, 0.3) is 0 Å². The molecule has 2 N–H and O–H groups in total. The first-order chi connectivity index (χ1) is 4.72. The fraction of sp³-hybridized carbons (Fsp3) is 0.833. The van der Waals surface area contributed by atoms with Gasteiger partial charge in [-0.05, 0) is 6.42 Å². The predicted molar refractivity (Wildman–Crippen MR) is 48.1 cm³/mol. The zero-order valence-electron chi connectivity index (χ0n) is 5.93. The number of hydrogen-bond acceptors (Lipinski definition) is 2. The number of carbonyl (C=O) groups is 1. The number of carboxylic acids is 1. The Morgan fingerprint density at radius 2 is 2.40 bits per heavy atom. The van der Waals surface area contributed by atoms with Crippen LogP contribution < -0.4 is 3.53 Å². The summed E-state index contributed by atoms with van der Waals surface area (Å²) in [4.78, 5) is 10.4. The van der Waals surface area contributed by atoms with Gasteiger partial charge in [0.1, 0.15) is 6.04 Å². The van der Waals surface area contributed by atoms with Crippen LogP contribution in [0.25, 0.3) is 0 Å². The summed E-state index contributed by atoms with van der Waals surface area (Å²) < 4.78 is 2.71. The van der Waals surface area contributed by atoms with Crippen LogP contribution in [0.1, 0.15) is 26.2 Å². The largest absolute Gasteiger partial charge is 0.480 e. The number of hydrogen-bond donors (Lipinski definition) is 2. The second-order valence-electron chi connectivity index (χ2n) is 2.14. The summed E-state index contributed by atoms with van der Waals surface area (Å²) in [6.45, 7) is 2.05. The van der Waals surface area contributed by atoms with Gasteiger partial charge < -0.3 is 5.11 Å². The van der Waals surface area contributed by atoms with Crippen molar-refractivity contribution in [2.75, 3.05) is 0 Å². The molecule has 0 saturated carbocycles. The van der Waals surface area contributed by atoms with Crippen LogP contribution in [0.15, 0.2) is 0 Å². The lowest BCUT2D eigenvalue weighted by Crippen LogP contribution is -2.29. The summed E-state index contributed by atoms with van der Waals surface area (Å²) in [5.41, 5.74) is 0.